The molecule has 0 aromatic carbocycles. The van der Waals surface area contributed by atoms with Crippen LogP contribution < -0.4 is 5.56 Å². The Balaban J connectivity index is 1.17. The molecule has 5 rings (SSSR count). The predicted octanol–water partition coefficient (Wildman–Crippen LogP) is 1.37. The Hall–Kier alpha value is -1.99. The van der Waals surface area contributed by atoms with Gasteiger partial charge in [0, 0.05) is 31.9 Å². The first-order chi connectivity index (χ1) is 13.2. The number of hydrogen-bond acceptors (Lipinski definition) is 5. The van der Waals surface area contributed by atoms with E-state index < -0.39 is 0 Å². The standard InChI is InChI=1S/C20H27N5O2/c26-20-10-16-2-1-3-18(16)22-25(20)11-15-4-6-23(7-5-15)12-17-13-24-8-9-27-14-19(24)21-17/h10,13,15H,1-9,11-12,14H2. The van der Waals surface area contributed by atoms with Crippen molar-refractivity contribution >= 4 is 0 Å². The quantitative estimate of drug-likeness (QED) is 0.814. The molecule has 144 valence electrons. The molecular formula is C20H27N5O2. The number of piperidine rings is 1. The van der Waals surface area contributed by atoms with Gasteiger partial charge >= 0.3 is 0 Å². The molecule has 2 aromatic heterocycles. The second kappa shape index (κ2) is 7.20. The lowest BCUT2D eigenvalue weighted by Crippen LogP contribution is -2.36. The van der Waals surface area contributed by atoms with Crippen LogP contribution >= 0.6 is 0 Å². The van der Waals surface area contributed by atoms with E-state index >= 15 is 0 Å². The summed E-state index contributed by atoms with van der Waals surface area (Å²) < 4.78 is 9.41. The zero-order chi connectivity index (χ0) is 18.2. The highest BCUT2D eigenvalue weighted by atomic mass is 16.5. The predicted molar refractivity (Wildman–Crippen MR) is 100 cm³/mol. The van der Waals surface area contributed by atoms with Gasteiger partial charge < -0.3 is 9.30 Å². The van der Waals surface area contributed by atoms with Crippen molar-refractivity contribution in [3.63, 3.8) is 0 Å². The number of nitrogens with zero attached hydrogens (tertiary/aromatic N) is 5. The molecule has 0 atom stereocenters. The molecule has 0 saturated carbocycles. The Morgan fingerprint density at radius 2 is 2.07 bits per heavy atom. The fraction of sp³-hybridized carbons (Fsp3) is 0.650. The summed E-state index contributed by atoms with van der Waals surface area (Å²) in [6, 6.07) is 1.81. The monoisotopic (exact) mass is 369 g/mol. The number of hydrogen-bond donors (Lipinski definition) is 0. The van der Waals surface area contributed by atoms with Gasteiger partial charge in [0.2, 0.25) is 0 Å². The minimum atomic E-state index is 0.0730. The molecule has 1 aliphatic carbocycles. The third-order valence-electron chi connectivity index (χ3n) is 6.16. The highest BCUT2D eigenvalue weighted by molar-refractivity contribution is 5.22. The fourth-order valence-corrected chi connectivity index (χ4v) is 4.60. The van der Waals surface area contributed by atoms with Crippen LogP contribution in [0.3, 0.4) is 0 Å². The molecule has 4 heterocycles. The largest absolute Gasteiger partial charge is 0.372 e. The zero-order valence-electron chi connectivity index (χ0n) is 15.8. The van der Waals surface area contributed by atoms with Crippen LogP contribution in [0.1, 0.15) is 42.0 Å². The Bertz CT molecular complexity index is 855. The summed E-state index contributed by atoms with van der Waals surface area (Å²) in [5.74, 6) is 1.59. The van der Waals surface area contributed by atoms with Crippen molar-refractivity contribution in [1.29, 1.82) is 0 Å². The Labute approximate surface area is 159 Å². The Morgan fingerprint density at radius 1 is 1.19 bits per heavy atom. The molecule has 2 aliphatic heterocycles. The van der Waals surface area contributed by atoms with E-state index in [4.69, 9.17) is 9.72 Å². The van der Waals surface area contributed by atoms with Gasteiger partial charge in [0.15, 0.2) is 0 Å². The van der Waals surface area contributed by atoms with Crippen molar-refractivity contribution in [2.24, 2.45) is 5.92 Å². The van der Waals surface area contributed by atoms with Crippen LogP contribution in [0.25, 0.3) is 0 Å². The summed E-state index contributed by atoms with van der Waals surface area (Å²) in [7, 11) is 0. The van der Waals surface area contributed by atoms with Crippen molar-refractivity contribution in [3.8, 4) is 0 Å². The van der Waals surface area contributed by atoms with E-state index in [1.54, 1.807) is 4.68 Å². The van der Waals surface area contributed by atoms with Gasteiger partial charge in [-0.3, -0.25) is 9.69 Å². The first-order valence-corrected chi connectivity index (χ1v) is 10.2. The van der Waals surface area contributed by atoms with Crippen LogP contribution in [0.5, 0.6) is 0 Å². The molecule has 2 aromatic rings. The molecule has 0 bridgehead atoms. The van der Waals surface area contributed by atoms with E-state index in [0.717, 1.165) is 88.6 Å². The average Bonchev–Trinajstić information content (AvgIpc) is 3.29. The van der Waals surface area contributed by atoms with Crippen molar-refractivity contribution in [2.75, 3.05) is 19.7 Å². The lowest BCUT2D eigenvalue weighted by atomic mass is 9.96. The molecule has 7 nitrogen and oxygen atoms in total. The van der Waals surface area contributed by atoms with Crippen molar-refractivity contribution in [1.82, 2.24) is 24.2 Å². The molecule has 0 amide bonds. The topological polar surface area (TPSA) is 65.2 Å². The van der Waals surface area contributed by atoms with Gasteiger partial charge in [-0.1, -0.05) is 0 Å². The minimum absolute atomic E-state index is 0.0730. The number of likely N-dealkylation sites (tertiary alicyclic amines) is 1. The van der Waals surface area contributed by atoms with Crippen molar-refractivity contribution in [3.05, 3.63) is 45.4 Å². The smallest absolute Gasteiger partial charge is 0.267 e. The number of aromatic nitrogens is 4. The van der Waals surface area contributed by atoms with E-state index in [0.29, 0.717) is 12.5 Å². The Kier molecular flexibility index (Phi) is 4.57. The molecule has 1 saturated heterocycles. The molecule has 0 unspecified atom stereocenters. The number of ether oxygens (including phenoxy) is 1. The van der Waals surface area contributed by atoms with Gasteiger partial charge in [0.1, 0.15) is 12.4 Å². The lowest BCUT2D eigenvalue weighted by molar-refractivity contribution is 0.0816. The zero-order valence-corrected chi connectivity index (χ0v) is 15.8. The van der Waals surface area contributed by atoms with Crippen LogP contribution in [0.15, 0.2) is 17.1 Å². The van der Waals surface area contributed by atoms with Crippen molar-refractivity contribution < 1.29 is 4.74 Å². The molecule has 0 N–H and O–H groups in total. The van der Waals surface area contributed by atoms with E-state index in [9.17, 15) is 4.79 Å². The molecule has 0 spiro atoms. The maximum atomic E-state index is 12.3. The maximum Gasteiger partial charge on any atom is 0.267 e. The molecule has 27 heavy (non-hydrogen) atoms. The fourth-order valence-electron chi connectivity index (χ4n) is 4.60. The summed E-state index contributed by atoms with van der Waals surface area (Å²) in [5.41, 5.74) is 3.52. The summed E-state index contributed by atoms with van der Waals surface area (Å²) in [5, 5.41) is 4.64. The van der Waals surface area contributed by atoms with Gasteiger partial charge in [-0.25, -0.2) is 9.67 Å². The number of aryl methyl sites for hydroxylation is 2. The average molecular weight is 369 g/mol. The van der Waals surface area contributed by atoms with E-state index in [2.05, 4.69) is 20.8 Å². The second-order valence-corrected chi connectivity index (χ2v) is 8.10. The summed E-state index contributed by atoms with van der Waals surface area (Å²) in [6.07, 6.45) is 7.57. The minimum Gasteiger partial charge on any atom is -0.372 e. The third-order valence-corrected chi connectivity index (χ3v) is 6.16. The van der Waals surface area contributed by atoms with Gasteiger partial charge in [-0.2, -0.15) is 5.10 Å². The van der Waals surface area contributed by atoms with Crippen LogP contribution in [0.2, 0.25) is 0 Å². The van der Waals surface area contributed by atoms with Crippen LogP contribution in [-0.4, -0.2) is 43.9 Å². The molecule has 1 fully saturated rings. The highest BCUT2D eigenvalue weighted by Crippen LogP contribution is 2.22. The lowest BCUT2D eigenvalue weighted by Gasteiger charge is -2.31. The molecule has 0 radical (unpaired) electrons. The molecule has 7 heteroatoms. The summed E-state index contributed by atoms with van der Waals surface area (Å²) in [6.45, 7) is 6.10. The van der Waals surface area contributed by atoms with Gasteiger partial charge in [-0.15, -0.1) is 0 Å². The van der Waals surface area contributed by atoms with E-state index in [-0.39, 0.29) is 5.56 Å². The van der Waals surface area contributed by atoms with E-state index in [1.165, 1.54) is 5.56 Å². The van der Waals surface area contributed by atoms with Gasteiger partial charge in [0.05, 0.1) is 18.0 Å². The van der Waals surface area contributed by atoms with Gasteiger partial charge in [-0.05, 0) is 56.7 Å². The van der Waals surface area contributed by atoms with Crippen molar-refractivity contribution in [2.45, 2.75) is 58.3 Å². The SMILES string of the molecule is O=c1cc2c(nn1CC1CCN(Cc3cn4c(n3)COCC4)CC1)CCC2. The van der Waals surface area contributed by atoms with Crippen LogP contribution in [0.4, 0.5) is 0 Å². The first-order valence-electron chi connectivity index (χ1n) is 10.2. The molecular weight excluding hydrogens is 342 g/mol. The molecule has 3 aliphatic rings. The number of fused-ring (bicyclic) bond motifs is 2. The van der Waals surface area contributed by atoms with Gasteiger partial charge in [0.25, 0.3) is 5.56 Å². The third kappa shape index (κ3) is 3.58. The summed E-state index contributed by atoms with van der Waals surface area (Å²) >= 11 is 0. The maximum absolute atomic E-state index is 12.3. The van der Waals surface area contributed by atoms with E-state index in [1.807, 2.05) is 6.07 Å². The van der Waals surface area contributed by atoms with Crippen LogP contribution in [0, 0.1) is 5.92 Å². The number of rotatable bonds is 4. The highest BCUT2D eigenvalue weighted by Gasteiger charge is 2.23. The normalized spacial score (nSPS) is 20.6. The second-order valence-electron chi connectivity index (χ2n) is 8.10. The number of imidazole rings is 1. The first kappa shape index (κ1) is 17.1. The summed E-state index contributed by atoms with van der Waals surface area (Å²) in [4.78, 5) is 19.5. The Morgan fingerprint density at radius 3 is 2.93 bits per heavy atom. The van der Waals surface area contributed by atoms with Crippen LogP contribution in [-0.2, 0) is 43.8 Å².